The van der Waals surface area contributed by atoms with Gasteiger partial charge in [0.05, 0.1) is 6.54 Å². The Kier molecular flexibility index (Phi) is 3.89. The largest absolute Gasteiger partial charge is 0.477 e. The van der Waals surface area contributed by atoms with Crippen molar-refractivity contribution in [3.05, 3.63) is 0 Å². The average molecular weight is 257 g/mol. The van der Waals surface area contributed by atoms with Crippen molar-refractivity contribution in [2.24, 2.45) is 5.10 Å². The van der Waals surface area contributed by atoms with Crippen LogP contribution >= 0.6 is 0 Å². The van der Waals surface area contributed by atoms with Gasteiger partial charge in [0.2, 0.25) is 0 Å². The van der Waals surface area contributed by atoms with Gasteiger partial charge < -0.3 is 15.2 Å². The van der Waals surface area contributed by atoms with Crippen molar-refractivity contribution in [1.82, 2.24) is 10.3 Å². The normalized spacial score (nSPS) is 19.6. The molecular weight excluding hydrogens is 242 g/mol. The molecule has 1 rings (SSSR count). The molecule has 0 aromatic heterocycles. The van der Waals surface area contributed by atoms with E-state index in [0.717, 1.165) is 5.01 Å². The molecular formula is C10H15N3O5. The van der Waals surface area contributed by atoms with Gasteiger partial charge in [-0.3, -0.25) is 4.79 Å². The van der Waals surface area contributed by atoms with Crippen LogP contribution in [0.2, 0.25) is 0 Å². The van der Waals surface area contributed by atoms with E-state index in [-0.39, 0.29) is 6.54 Å². The number of carboxylic acids is 1. The number of alkyl carbamates (subject to hydrolysis) is 1. The van der Waals surface area contributed by atoms with Crippen molar-refractivity contribution >= 4 is 24.2 Å². The molecule has 0 saturated carbocycles. The number of carbonyl (C=O) groups is 3. The number of aliphatic carboxylic acids is 1. The van der Waals surface area contributed by atoms with Crippen LogP contribution in [0, 0.1) is 0 Å². The van der Waals surface area contributed by atoms with Crippen molar-refractivity contribution in [2.75, 3.05) is 6.54 Å². The van der Waals surface area contributed by atoms with Crippen LogP contribution in [-0.4, -0.2) is 52.5 Å². The molecule has 1 atom stereocenters. The van der Waals surface area contributed by atoms with Crippen LogP contribution in [0.3, 0.4) is 0 Å². The lowest BCUT2D eigenvalue weighted by Crippen LogP contribution is -2.62. The van der Waals surface area contributed by atoms with E-state index in [0.29, 0.717) is 6.21 Å². The van der Waals surface area contributed by atoms with Gasteiger partial charge in [-0.15, -0.1) is 0 Å². The first-order chi connectivity index (χ1) is 8.19. The highest BCUT2D eigenvalue weighted by Gasteiger charge is 2.38. The summed E-state index contributed by atoms with van der Waals surface area (Å²) in [6.07, 6.45) is -0.0792. The zero-order valence-corrected chi connectivity index (χ0v) is 10.3. The van der Waals surface area contributed by atoms with Gasteiger partial charge in [-0.1, -0.05) is 0 Å². The standard InChI is InChI=1S/C10H15N3O5/c1-10(2,3)18-9(17)12-6-5-13(8(6)16)11-4-7(14)15/h4,6H,5H2,1-3H3,(H,12,17)(H,14,15). The number of hydrogen-bond acceptors (Lipinski definition) is 5. The number of carbonyl (C=O) groups excluding carboxylic acids is 2. The summed E-state index contributed by atoms with van der Waals surface area (Å²) in [5.74, 6) is -1.72. The lowest BCUT2D eigenvalue weighted by atomic mass is 10.1. The Bertz CT molecular complexity index is 399. The zero-order chi connectivity index (χ0) is 13.9. The molecule has 0 spiro atoms. The second-order valence-electron chi connectivity index (χ2n) is 4.70. The van der Waals surface area contributed by atoms with Crippen LogP contribution in [0.4, 0.5) is 4.79 Å². The van der Waals surface area contributed by atoms with Gasteiger partial charge in [-0.2, -0.15) is 5.10 Å². The lowest BCUT2D eigenvalue weighted by molar-refractivity contribution is -0.143. The Hall–Kier alpha value is -2.12. The van der Waals surface area contributed by atoms with E-state index >= 15 is 0 Å². The molecule has 1 aliphatic heterocycles. The number of hydrazone groups is 1. The molecule has 100 valence electrons. The first-order valence-electron chi connectivity index (χ1n) is 5.27. The number of nitrogens with zero attached hydrogens (tertiary/aromatic N) is 2. The summed E-state index contributed by atoms with van der Waals surface area (Å²) in [7, 11) is 0. The summed E-state index contributed by atoms with van der Waals surface area (Å²) in [5.41, 5.74) is -0.641. The quantitative estimate of drug-likeness (QED) is 0.537. The zero-order valence-electron chi connectivity index (χ0n) is 10.3. The first kappa shape index (κ1) is 13.9. The number of β-lactam (4-membered cyclic amide) rings is 1. The van der Waals surface area contributed by atoms with Crippen molar-refractivity contribution in [2.45, 2.75) is 32.4 Å². The predicted molar refractivity (Wildman–Crippen MR) is 61.0 cm³/mol. The van der Waals surface area contributed by atoms with E-state index < -0.39 is 29.6 Å². The molecule has 1 saturated heterocycles. The Morgan fingerprint density at radius 3 is 2.61 bits per heavy atom. The molecule has 0 aromatic carbocycles. The van der Waals surface area contributed by atoms with Gasteiger partial charge >= 0.3 is 12.1 Å². The van der Waals surface area contributed by atoms with Crippen molar-refractivity contribution in [3.8, 4) is 0 Å². The predicted octanol–water partition coefficient (Wildman–Crippen LogP) is -0.208. The fourth-order valence-electron chi connectivity index (χ4n) is 1.19. The third-order valence-electron chi connectivity index (χ3n) is 1.91. The van der Waals surface area contributed by atoms with Crippen molar-refractivity contribution in [3.63, 3.8) is 0 Å². The van der Waals surface area contributed by atoms with E-state index in [1.165, 1.54) is 0 Å². The molecule has 0 aromatic rings. The van der Waals surface area contributed by atoms with E-state index in [4.69, 9.17) is 9.84 Å². The molecule has 2 N–H and O–H groups in total. The molecule has 0 bridgehead atoms. The lowest BCUT2D eigenvalue weighted by Gasteiger charge is -2.34. The van der Waals surface area contributed by atoms with Crippen molar-refractivity contribution < 1.29 is 24.2 Å². The maximum Gasteiger partial charge on any atom is 0.408 e. The number of carboxylic acid groups (broad SMARTS) is 1. The SMILES string of the molecule is CC(C)(C)OC(=O)NC1CN(N=CC(=O)O)C1=O. The van der Waals surface area contributed by atoms with E-state index in [1.807, 2.05) is 0 Å². The van der Waals surface area contributed by atoms with Crippen LogP contribution in [-0.2, 0) is 14.3 Å². The van der Waals surface area contributed by atoms with Gasteiger partial charge in [0.1, 0.15) is 17.9 Å². The van der Waals surface area contributed by atoms with Crippen LogP contribution in [0.15, 0.2) is 5.10 Å². The van der Waals surface area contributed by atoms with E-state index in [1.54, 1.807) is 20.8 Å². The molecule has 1 heterocycles. The minimum Gasteiger partial charge on any atom is -0.477 e. The highest BCUT2D eigenvalue weighted by atomic mass is 16.6. The Morgan fingerprint density at radius 1 is 1.56 bits per heavy atom. The fraction of sp³-hybridized carbons (Fsp3) is 0.600. The first-order valence-corrected chi connectivity index (χ1v) is 5.27. The summed E-state index contributed by atoms with van der Waals surface area (Å²) < 4.78 is 4.97. The molecule has 1 unspecified atom stereocenters. The molecule has 18 heavy (non-hydrogen) atoms. The third kappa shape index (κ3) is 4.04. The molecule has 0 radical (unpaired) electrons. The van der Waals surface area contributed by atoms with Crippen LogP contribution in [0.1, 0.15) is 20.8 Å². The van der Waals surface area contributed by atoms with E-state index in [9.17, 15) is 14.4 Å². The number of amides is 2. The van der Waals surface area contributed by atoms with Crippen LogP contribution in [0.5, 0.6) is 0 Å². The maximum atomic E-state index is 11.4. The van der Waals surface area contributed by atoms with Crippen LogP contribution in [0.25, 0.3) is 0 Å². The maximum absolute atomic E-state index is 11.4. The van der Waals surface area contributed by atoms with E-state index in [2.05, 4.69) is 10.4 Å². The Labute approximate surface area is 104 Å². The van der Waals surface area contributed by atoms with Gasteiger partial charge in [0.15, 0.2) is 0 Å². The summed E-state index contributed by atoms with van der Waals surface area (Å²) in [4.78, 5) is 33.0. The number of hydrogen-bond donors (Lipinski definition) is 2. The smallest absolute Gasteiger partial charge is 0.408 e. The number of ether oxygens (including phenoxy) is 1. The summed E-state index contributed by atoms with van der Waals surface area (Å²) in [6.45, 7) is 5.25. The summed E-state index contributed by atoms with van der Waals surface area (Å²) >= 11 is 0. The highest BCUT2D eigenvalue weighted by molar-refractivity contribution is 6.22. The summed E-state index contributed by atoms with van der Waals surface area (Å²) in [5, 5.41) is 15.1. The van der Waals surface area contributed by atoms with Gasteiger partial charge in [0.25, 0.3) is 5.91 Å². The second kappa shape index (κ2) is 5.03. The van der Waals surface area contributed by atoms with Gasteiger partial charge in [0, 0.05) is 0 Å². The van der Waals surface area contributed by atoms with Crippen molar-refractivity contribution in [1.29, 1.82) is 0 Å². The van der Waals surface area contributed by atoms with Gasteiger partial charge in [-0.25, -0.2) is 14.6 Å². The molecule has 1 fully saturated rings. The molecule has 8 nitrogen and oxygen atoms in total. The summed E-state index contributed by atoms with van der Waals surface area (Å²) in [6, 6.07) is -0.717. The van der Waals surface area contributed by atoms with Gasteiger partial charge in [-0.05, 0) is 20.8 Å². The average Bonchev–Trinajstić information content (AvgIpc) is 2.18. The minimum atomic E-state index is -1.24. The monoisotopic (exact) mass is 257 g/mol. The molecule has 0 aliphatic carbocycles. The third-order valence-corrected chi connectivity index (χ3v) is 1.91. The second-order valence-corrected chi connectivity index (χ2v) is 4.70. The topological polar surface area (TPSA) is 108 Å². The molecule has 2 amide bonds. The molecule has 8 heteroatoms. The highest BCUT2D eigenvalue weighted by Crippen LogP contribution is 2.12. The Balaban J connectivity index is 2.39. The number of rotatable bonds is 3. The fourth-order valence-corrected chi connectivity index (χ4v) is 1.19. The Morgan fingerprint density at radius 2 is 2.17 bits per heavy atom. The minimum absolute atomic E-state index is 0.127. The van der Waals surface area contributed by atoms with Crippen LogP contribution < -0.4 is 5.32 Å². The molecule has 1 aliphatic rings. The number of nitrogens with one attached hydrogen (secondary N) is 1.